The van der Waals surface area contributed by atoms with Crippen LogP contribution in [0.5, 0.6) is 0 Å². The molecule has 1 aliphatic heterocycles. The molecule has 94 valence electrons. The maximum atomic E-state index is 10.5. The van der Waals surface area contributed by atoms with Gasteiger partial charge in [-0.1, -0.05) is 12.1 Å². The lowest BCUT2D eigenvalue weighted by molar-refractivity contribution is 0.111. The molecule has 1 aromatic rings. The van der Waals surface area contributed by atoms with E-state index in [-0.39, 0.29) is 0 Å². The molecular weight excluding hydrogens is 216 g/mol. The zero-order valence-electron chi connectivity index (χ0n) is 10.4. The Balaban J connectivity index is 1.73. The van der Waals surface area contributed by atoms with Crippen LogP contribution < -0.4 is 0 Å². The second-order valence-corrected chi connectivity index (χ2v) is 4.69. The number of aldehydes is 1. The standard InChI is InChI=1S/C12H20N4O/c1-2-15-6-3-11(4-7-15)5-8-16-9-12(10-17)13-14-16/h9-11H,2-8H2,1H3. The largest absolute Gasteiger partial charge is 0.304 e. The van der Waals surface area contributed by atoms with Crippen molar-refractivity contribution < 1.29 is 4.79 Å². The Morgan fingerprint density at radius 3 is 2.82 bits per heavy atom. The summed E-state index contributed by atoms with van der Waals surface area (Å²) in [6, 6.07) is 0. The number of carbonyl (C=O) groups excluding carboxylic acids is 1. The molecule has 0 aliphatic carbocycles. The Morgan fingerprint density at radius 1 is 1.47 bits per heavy atom. The summed E-state index contributed by atoms with van der Waals surface area (Å²) in [4.78, 5) is 13.0. The van der Waals surface area contributed by atoms with Crippen LogP contribution >= 0.6 is 0 Å². The minimum atomic E-state index is 0.422. The van der Waals surface area contributed by atoms with Crippen LogP contribution in [0.25, 0.3) is 0 Å². The third-order valence-electron chi connectivity index (χ3n) is 3.60. The van der Waals surface area contributed by atoms with Crippen LogP contribution in [0.2, 0.25) is 0 Å². The third kappa shape index (κ3) is 3.36. The molecule has 2 heterocycles. The fraction of sp³-hybridized carbons (Fsp3) is 0.750. The van der Waals surface area contributed by atoms with Crippen LogP contribution in [0.1, 0.15) is 36.7 Å². The molecule has 0 N–H and O–H groups in total. The third-order valence-corrected chi connectivity index (χ3v) is 3.60. The Labute approximate surface area is 102 Å². The monoisotopic (exact) mass is 236 g/mol. The molecule has 17 heavy (non-hydrogen) atoms. The molecule has 1 saturated heterocycles. The molecule has 5 nitrogen and oxygen atoms in total. The first-order chi connectivity index (χ1) is 8.31. The fourth-order valence-corrected chi connectivity index (χ4v) is 2.38. The van der Waals surface area contributed by atoms with Gasteiger partial charge in [0.2, 0.25) is 0 Å². The van der Waals surface area contributed by atoms with E-state index in [0.717, 1.165) is 25.2 Å². The highest BCUT2D eigenvalue weighted by Gasteiger charge is 2.17. The molecule has 2 rings (SSSR count). The van der Waals surface area contributed by atoms with Gasteiger partial charge in [0.1, 0.15) is 5.69 Å². The van der Waals surface area contributed by atoms with E-state index < -0.39 is 0 Å². The van der Waals surface area contributed by atoms with Crippen molar-refractivity contribution in [1.82, 2.24) is 19.9 Å². The van der Waals surface area contributed by atoms with Crippen molar-refractivity contribution in [3.8, 4) is 0 Å². The lowest BCUT2D eigenvalue weighted by atomic mass is 9.93. The highest BCUT2D eigenvalue weighted by atomic mass is 16.1. The van der Waals surface area contributed by atoms with Crippen molar-refractivity contribution in [2.24, 2.45) is 5.92 Å². The summed E-state index contributed by atoms with van der Waals surface area (Å²) < 4.78 is 1.77. The van der Waals surface area contributed by atoms with Gasteiger partial charge in [0.25, 0.3) is 0 Å². The van der Waals surface area contributed by atoms with Crippen LogP contribution in [0, 0.1) is 5.92 Å². The highest BCUT2D eigenvalue weighted by Crippen LogP contribution is 2.20. The number of aryl methyl sites for hydroxylation is 1. The van der Waals surface area contributed by atoms with Crippen molar-refractivity contribution in [1.29, 1.82) is 0 Å². The zero-order chi connectivity index (χ0) is 12.1. The SMILES string of the molecule is CCN1CCC(CCn2cc(C=O)nn2)CC1. The lowest BCUT2D eigenvalue weighted by Gasteiger charge is -2.30. The summed E-state index contributed by atoms with van der Waals surface area (Å²) in [5, 5.41) is 7.69. The first-order valence-corrected chi connectivity index (χ1v) is 6.39. The van der Waals surface area contributed by atoms with Crippen molar-refractivity contribution in [3.05, 3.63) is 11.9 Å². The minimum Gasteiger partial charge on any atom is -0.304 e. The van der Waals surface area contributed by atoms with Crippen LogP contribution in [-0.2, 0) is 6.54 Å². The van der Waals surface area contributed by atoms with Crippen LogP contribution in [0.3, 0.4) is 0 Å². The molecule has 1 aromatic heterocycles. The van der Waals surface area contributed by atoms with Gasteiger partial charge in [0, 0.05) is 6.54 Å². The Bertz CT molecular complexity index is 355. The lowest BCUT2D eigenvalue weighted by Crippen LogP contribution is -2.33. The number of likely N-dealkylation sites (tertiary alicyclic amines) is 1. The van der Waals surface area contributed by atoms with Crippen molar-refractivity contribution >= 4 is 6.29 Å². The normalized spacial score (nSPS) is 18.4. The van der Waals surface area contributed by atoms with Gasteiger partial charge in [-0.2, -0.15) is 0 Å². The van der Waals surface area contributed by atoms with Crippen molar-refractivity contribution in [2.45, 2.75) is 32.7 Å². The predicted octanol–water partition coefficient (Wildman–Crippen LogP) is 1.21. The minimum absolute atomic E-state index is 0.422. The maximum absolute atomic E-state index is 10.5. The molecule has 5 heteroatoms. The summed E-state index contributed by atoms with van der Waals surface area (Å²) in [6.07, 6.45) is 6.16. The van der Waals surface area contributed by atoms with Gasteiger partial charge in [0.15, 0.2) is 6.29 Å². The summed E-state index contributed by atoms with van der Waals surface area (Å²) in [6.45, 7) is 6.70. The average molecular weight is 236 g/mol. The van der Waals surface area contributed by atoms with Crippen LogP contribution in [-0.4, -0.2) is 45.8 Å². The predicted molar refractivity (Wildman–Crippen MR) is 64.9 cm³/mol. The topological polar surface area (TPSA) is 51.0 Å². The summed E-state index contributed by atoms with van der Waals surface area (Å²) >= 11 is 0. The number of rotatable bonds is 5. The highest BCUT2D eigenvalue weighted by molar-refractivity contribution is 5.70. The second-order valence-electron chi connectivity index (χ2n) is 4.69. The second kappa shape index (κ2) is 5.91. The molecule has 0 atom stereocenters. The van der Waals surface area contributed by atoms with Crippen molar-refractivity contribution in [2.75, 3.05) is 19.6 Å². The molecule has 1 aliphatic rings. The van der Waals surface area contributed by atoms with Gasteiger partial charge >= 0.3 is 0 Å². The van der Waals surface area contributed by atoms with Crippen molar-refractivity contribution in [3.63, 3.8) is 0 Å². The Kier molecular flexibility index (Phi) is 4.25. The van der Waals surface area contributed by atoms with E-state index in [1.807, 2.05) is 0 Å². The van der Waals surface area contributed by atoms with Gasteiger partial charge in [-0.15, -0.1) is 5.10 Å². The van der Waals surface area contributed by atoms with E-state index in [0.29, 0.717) is 5.69 Å². The molecule has 0 bridgehead atoms. The van der Waals surface area contributed by atoms with E-state index in [1.165, 1.54) is 32.5 Å². The molecule has 0 radical (unpaired) electrons. The average Bonchev–Trinajstić information content (AvgIpc) is 2.85. The molecule has 0 spiro atoms. The van der Waals surface area contributed by atoms with Gasteiger partial charge in [-0.3, -0.25) is 9.48 Å². The quantitative estimate of drug-likeness (QED) is 0.721. The molecular formula is C12H20N4O. The van der Waals surface area contributed by atoms with Gasteiger partial charge in [-0.25, -0.2) is 0 Å². The summed E-state index contributed by atoms with van der Waals surface area (Å²) in [5.74, 6) is 0.793. The maximum Gasteiger partial charge on any atom is 0.171 e. The molecule has 0 unspecified atom stereocenters. The van der Waals surface area contributed by atoms with E-state index in [4.69, 9.17) is 0 Å². The van der Waals surface area contributed by atoms with E-state index >= 15 is 0 Å². The number of hydrogen-bond donors (Lipinski definition) is 0. The van der Waals surface area contributed by atoms with E-state index in [2.05, 4.69) is 22.1 Å². The van der Waals surface area contributed by atoms with Crippen LogP contribution in [0.4, 0.5) is 0 Å². The summed E-state index contributed by atoms with van der Waals surface area (Å²) in [7, 11) is 0. The number of carbonyl (C=O) groups is 1. The van der Waals surface area contributed by atoms with E-state index in [9.17, 15) is 4.79 Å². The first-order valence-electron chi connectivity index (χ1n) is 6.39. The van der Waals surface area contributed by atoms with E-state index in [1.54, 1.807) is 10.9 Å². The molecule has 0 aromatic carbocycles. The number of piperidine rings is 1. The number of nitrogens with zero attached hydrogens (tertiary/aromatic N) is 4. The van der Waals surface area contributed by atoms with Gasteiger partial charge < -0.3 is 4.90 Å². The zero-order valence-corrected chi connectivity index (χ0v) is 10.4. The molecule has 1 fully saturated rings. The molecule has 0 saturated carbocycles. The van der Waals surface area contributed by atoms with Gasteiger partial charge in [-0.05, 0) is 44.8 Å². The number of aromatic nitrogens is 3. The Hall–Kier alpha value is -1.23. The van der Waals surface area contributed by atoms with Gasteiger partial charge in [0.05, 0.1) is 6.20 Å². The number of hydrogen-bond acceptors (Lipinski definition) is 4. The Morgan fingerprint density at radius 2 is 2.24 bits per heavy atom. The first kappa shape index (κ1) is 12.2. The van der Waals surface area contributed by atoms with Crippen LogP contribution in [0.15, 0.2) is 6.20 Å². The smallest absolute Gasteiger partial charge is 0.171 e. The molecule has 0 amide bonds. The fourth-order valence-electron chi connectivity index (χ4n) is 2.38. The summed E-state index contributed by atoms with van der Waals surface area (Å²) in [5.41, 5.74) is 0.422.